The van der Waals surface area contributed by atoms with Crippen LogP contribution in [0.2, 0.25) is 0 Å². The van der Waals surface area contributed by atoms with Crippen LogP contribution in [0.3, 0.4) is 0 Å². The van der Waals surface area contributed by atoms with Gasteiger partial charge in [0.1, 0.15) is 12.2 Å². The molecule has 2 N–H and O–H groups in total. The van der Waals surface area contributed by atoms with E-state index in [1.165, 1.54) is 14.0 Å². The Balaban J connectivity index is 4.29. The largest absolute Gasteiger partial charge is 0.391 e. The SMILES string of the molecule is CCC(OC)C(OC)C(O)C(C)O. The second kappa shape index (κ2) is 6.32. The van der Waals surface area contributed by atoms with E-state index >= 15 is 0 Å². The van der Waals surface area contributed by atoms with Crippen molar-refractivity contribution in [1.29, 1.82) is 0 Å². The molecule has 0 aliphatic heterocycles. The Hall–Kier alpha value is -0.160. The maximum atomic E-state index is 9.56. The molecular weight excluding hydrogens is 172 g/mol. The Morgan fingerprint density at radius 1 is 1.15 bits per heavy atom. The maximum Gasteiger partial charge on any atom is 0.112 e. The first-order chi connectivity index (χ1) is 6.08. The van der Waals surface area contributed by atoms with Gasteiger partial charge in [0.25, 0.3) is 0 Å². The van der Waals surface area contributed by atoms with Crippen molar-refractivity contribution in [3.05, 3.63) is 0 Å². The maximum absolute atomic E-state index is 9.56. The van der Waals surface area contributed by atoms with E-state index in [2.05, 4.69) is 0 Å². The van der Waals surface area contributed by atoms with Gasteiger partial charge in [-0.1, -0.05) is 6.92 Å². The van der Waals surface area contributed by atoms with Crippen LogP contribution in [-0.4, -0.2) is 48.8 Å². The standard InChI is InChI=1S/C9H20O4/c1-5-7(12-3)9(13-4)8(11)6(2)10/h6-11H,5H2,1-4H3. The van der Waals surface area contributed by atoms with Gasteiger partial charge >= 0.3 is 0 Å². The van der Waals surface area contributed by atoms with E-state index in [-0.39, 0.29) is 6.10 Å². The zero-order valence-electron chi connectivity index (χ0n) is 8.73. The summed E-state index contributed by atoms with van der Waals surface area (Å²) in [6.45, 7) is 3.47. The summed E-state index contributed by atoms with van der Waals surface area (Å²) >= 11 is 0. The molecule has 0 heterocycles. The predicted molar refractivity (Wildman–Crippen MR) is 49.6 cm³/mol. The Bertz CT molecular complexity index is 121. The monoisotopic (exact) mass is 192 g/mol. The molecule has 0 aromatic heterocycles. The average molecular weight is 192 g/mol. The number of aliphatic hydroxyl groups is 2. The summed E-state index contributed by atoms with van der Waals surface area (Å²) in [5.41, 5.74) is 0. The van der Waals surface area contributed by atoms with Gasteiger partial charge in [0.2, 0.25) is 0 Å². The molecule has 0 fully saturated rings. The Morgan fingerprint density at radius 3 is 1.92 bits per heavy atom. The fourth-order valence-electron chi connectivity index (χ4n) is 1.32. The van der Waals surface area contributed by atoms with Crippen LogP contribution in [0.25, 0.3) is 0 Å². The van der Waals surface area contributed by atoms with Crippen LogP contribution in [0.4, 0.5) is 0 Å². The minimum absolute atomic E-state index is 0.186. The summed E-state index contributed by atoms with van der Waals surface area (Å²) in [7, 11) is 3.06. The third kappa shape index (κ3) is 3.60. The first-order valence-electron chi connectivity index (χ1n) is 4.50. The Morgan fingerprint density at radius 2 is 1.69 bits per heavy atom. The van der Waals surface area contributed by atoms with E-state index < -0.39 is 18.3 Å². The molecule has 4 unspecified atom stereocenters. The summed E-state index contributed by atoms with van der Waals surface area (Å²) in [5.74, 6) is 0. The minimum atomic E-state index is -0.908. The molecule has 0 aromatic carbocycles. The highest BCUT2D eigenvalue weighted by Gasteiger charge is 2.30. The third-order valence-electron chi connectivity index (χ3n) is 2.17. The van der Waals surface area contributed by atoms with Crippen LogP contribution in [0, 0.1) is 0 Å². The van der Waals surface area contributed by atoms with Crippen LogP contribution in [-0.2, 0) is 9.47 Å². The van der Waals surface area contributed by atoms with E-state index in [9.17, 15) is 10.2 Å². The molecule has 80 valence electrons. The molecule has 4 heteroatoms. The molecule has 0 saturated heterocycles. The molecule has 0 aliphatic rings. The molecule has 0 spiro atoms. The lowest BCUT2D eigenvalue weighted by atomic mass is 10.0. The van der Waals surface area contributed by atoms with Crippen molar-refractivity contribution in [3.8, 4) is 0 Å². The highest BCUT2D eigenvalue weighted by Crippen LogP contribution is 2.13. The zero-order chi connectivity index (χ0) is 10.4. The van der Waals surface area contributed by atoms with Gasteiger partial charge in [-0.15, -0.1) is 0 Å². The number of hydrogen-bond acceptors (Lipinski definition) is 4. The molecule has 13 heavy (non-hydrogen) atoms. The summed E-state index contributed by atoms with van der Waals surface area (Å²) in [6.07, 6.45) is -1.65. The molecule has 0 aliphatic carbocycles. The smallest absolute Gasteiger partial charge is 0.112 e. The summed E-state index contributed by atoms with van der Waals surface area (Å²) in [6, 6.07) is 0. The van der Waals surface area contributed by atoms with Gasteiger partial charge in [-0.2, -0.15) is 0 Å². The zero-order valence-corrected chi connectivity index (χ0v) is 8.73. The number of methoxy groups -OCH3 is 2. The fourth-order valence-corrected chi connectivity index (χ4v) is 1.32. The van der Waals surface area contributed by atoms with Crippen molar-refractivity contribution in [3.63, 3.8) is 0 Å². The van der Waals surface area contributed by atoms with E-state index in [1.807, 2.05) is 6.92 Å². The molecule has 0 rings (SSSR count). The summed E-state index contributed by atoms with van der Waals surface area (Å²) in [5, 5.41) is 18.7. The molecule has 0 radical (unpaired) electrons. The van der Waals surface area contributed by atoms with Crippen LogP contribution in [0.5, 0.6) is 0 Å². The van der Waals surface area contributed by atoms with Crippen molar-refractivity contribution in [2.75, 3.05) is 14.2 Å². The number of rotatable bonds is 6. The average Bonchev–Trinajstić information content (AvgIpc) is 2.12. The fraction of sp³-hybridized carbons (Fsp3) is 1.00. The van der Waals surface area contributed by atoms with Gasteiger partial charge < -0.3 is 19.7 Å². The number of aliphatic hydroxyl groups excluding tert-OH is 2. The third-order valence-corrected chi connectivity index (χ3v) is 2.17. The Labute approximate surface area is 79.5 Å². The van der Waals surface area contributed by atoms with Gasteiger partial charge in [0.15, 0.2) is 0 Å². The normalized spacial score (nSPS) is 20.8. The van der Waals surface area contributed by atoms with E-state index in [4.69, 9.17) is 9.47 Å². The van der Waals surface area contributed by atoms with Crippen molar-refractivity contribution in [2.24, 2.45) is 0 Å². The second-order valence-electron chi connectivity index (χ2n) is 3.11. The Kier molecular flexibility index (Phi) is 6.24. The summed E-state index contributed by atoms with van der Waals surface area (Å²) in [4.78, 5) is 0. The number of hydrogen-bond donors (Lipinski definition) is 2. The highest BCUT2D eigenvalue weighted by molar-refractivity contribution is 4.80. The summed E-state index contributed by atoms with van der Waals surface area (Å²) < 4.78 is 10.2. The van der Waals surface area contributed by atoms with Crippen LogP contribution in [0.1, 0.15) is 20.3 Å². The van der Waals surface area contributed by atoms with Crippen LogP contribution in [0.15, 0.2) is 0 Å². The lowest BCUT2D eigenvalue weighted by Crippen LogP contribution is -2.45. The molecule has 0 bridgehead atoms. The molecule has 0 aromatic rings. The minimum Gasteiger partial charge on any atom is -0.391 e. The molecule has 0 saturated carbocycles. The molecule has 4 nitrogen and oxygen atoms in total. The molecule has 0 amide bonds. The first kappa shape index (κ1) is 12.8. The van der Waals surface area contributed by atoms with Gasteiger partial charge in [-0.05, 0) is 13.3 Å². The number of ether oxygens (including phenoxy) is 2. The second-order valence-corrected chi connectivity index (χ2v) is 3.11. The van der Waals surface area contributed by atoms with Crippen LogP contribution >= 0.6 is 0 Å². The lowest BCUT2D eigenvalue weighted by molar-refractivity contribution is -0.126. The van der Waals surface area contributed by atoms with Crippen molar-refractivity contribution in [1.82, 2.24) is 0 Å². The van der Waals surface area contributed by atoms with E-state index in [0.717, 1.165) is 6.42 Å². The highest BCUT2D eigenvalue weighted by atomic mass is 16.5. The topological polar surface area (TPSA) is 58.9 Å². The van der Waals surface area contributed by atoms with E-state index in [1.54, 1.807) is 7.11 Å². The quantitative estimate of drug-likeness (QED) is 0.629. The van der Waals surface area contributed by atoms with Gasteiger partial charge in [0, 0.05) is 14.2 Å². The van der Waals surface area contributed by atoms with Crippen molar-refractivity contribution in [2.45, 2.75) is 44.7 Å². The van der Waals surface area contributed by atoms with Crippen LogP contribution < -0.4 is 0 Å². The van der Waals surface area contributed by atoms with Crippen molar-refractivity contribution >= 4 is 0 Å². The lowest BCUT2D eigenvalue weighted by Gasteiger charge is -2.29. The first-order valence-corrected chi connectivity index (χ1v) is 4.50. The van der Waals surface area contributed by atoms with Gasteiger partial charge in [-0.25, -0.2) is 0 Å². The van der Waals surface area contributed by atoms with Gasteiger partial charge in [-0.3, -0.25) is 0 Å². The molecule has 4 atom stereocenters. The predicted octanol–water partition coefficient (Wildman–Crippen LogP) is 0.168. The van der Waals surface area contributed by atoms with Gasteiger partial charge in [0.05, 0.1) is 12.2 Å². The molecular formula is C9H20O4. The van der Waals surface area contributed by atoms with E-state index in [0.29, 0.717) is 0 Å². The van der Waals surface area contributed by atoms with Crippen molar-refractivity contribution < 1.29 is 19.7 Å².